The van der Waals surface area contributed by atoms with Gasteiger partial charge in [0, 0.05) is 14.2 Å². The Kier molecular flexibility index (Phi) is 4.81. The van der Waals surface area contributed by atoms with Crippen molar-refractivity contribution in [1.82, 2.24) is 9.78 Å². The Morgan fingerprint density at radius 1 is 1.44 bits per heavy atom. The summed E-state index contributed by atoms with van der Waals surface area (Å²) >= 11 is 3.44. The first-order chi connectivity index (χ1) is 8.65. The standard InChI is InChI=1S/C13H21BrN2O2/c1-16-11(10(14)8-15-16)12(17)13(18-2)9-6-4-3-5-7-9/h8-9,12-13,17H,3-7H2,1-2H3. The van der Waals surface area contributed by atoms with E-state index in [1.54, 1.807) is 18.0 Å². The van der Waals surface area contributed by atoms with Crippen molar-refractivity contribution in [2.24, 2.45) is 13.0 Å². The third-order valence-electron chi connectivity index (χ3n) is 3.92. The molecule has 18 heavy (non-hydrogen) atoms. The topological polar surface area (TPSA) is 47.3 Å². The van der Waals surface area contributed by atoms with E-state index in [0.29, 0.717) is 5.92 Å². The number of aliphatic hydroxyl groups is 1. The second-order valence-corrected chi connectivity index (χ2v) is 5.90. The Bertz CT molecular complexity index is 369. The first-order valence-electron chi connectivity index (χ1n) is 6.53. The smallest absolute Gasteiger partial charge is 0.123 e. The van der Waals surface area contributed by atoms with Crippen molar-refractivity contribution in [3.8, 4) is 0 Å². The summed E-state index contributed by atoms with van der Waals surface area (Å²) in [6.07, 6.45) is 7.02. The molecule has 4 nitrogen and oxygen atoms in total. The molecule has 1 aromatic rings. The van der Waals surface area contributed by atoms with Gasteiger partial charge in [0.2, 0.25) is 0 Å². The fourth-order valence-electron chi connectivity index (χ4n) is 2.95. The minimum Gasteiger partial charge on any atom is -0.384 e. The molecule has 0 aromatic carbocycles. The summed E-state index contributed by atoms with van der Waals surface area (Å²) in [6, 6.07) is 0. The van der Waals surface area contributed by atoms with Crippen LogP contribution < -0.4 is 0 Å². The summed E-state index contributed by atoms with van der Waals surface area (Å²) in [5.41, 5.74) is 0.799. The molecule has 2 unspecified atom stereocenters. The van der Waals surface area contributed by atoms with Gasteiger partial charge in [-0.15, -0.1) is 0 Å². The molecule has 0 amide bonds. The highest BCUT2D eigenvalue weighted by Crippen LogP contribution is 2.35. The molecule has 2 atom stereocenters. The van der Waals surface area contributed by atoms with Gasteiger partial charge in [0.05, 0.1) is 22.5 Å². The van der Waals surface area contributed by atoms with Gasteiger partial charge in [-0.1, -0.05) is 19.3 Å². The Morgan fingerprint density at radius 2 is 2.11 bits per heavy atom. The van der Waals surface area contributed by atoms with Crippen LogP contribution in [0.3, 0.4) is 0 Å². The van der Waals surface area contributed by atoms with Gasteiger partial charge in [-0.05, 0) is 34.7 Å². The lowest BCUT2D eigenvalue weighted by atomic mass is 9.82. The number of aromatic nitrogens is 2. The molecule has 1 heterocycles. The van der Waals surface area contributed by atoms with E-state index in [2.05, 4.69) is 21.0 Å². The van der Waals surface area contributed by atoms with Crippen molar-refractivity contribution in [3.63, 3.8) is 0 Å². The van der Waals surface area contributed by atoms with Crippen LogP contribution >= 0.6 is 15.9 Å². The van der Waals surface area contributed by atoms with Gasteiger partial charge in [0.15, 0.2) is 0 Å². The number of methoxy groups -OCH3 is 1. The van der Waals surface area contributed by atoms with E-state index < -0.39 is 6.10 Å². The lowest BCUT2D eigenvalue weighted by Crippen LogP contribution is -2.32. The number of hydrogen-bond acceptors (Lipinski definition) is 3. The van der Waals surface area contributed by atoms with Gasteiger partial charge in [-0.3, -0.25) is 4.68 Å². The first kappa shape index (κ1) is 14.0. The number of aryl methyl sites for hydroxylation is 1. The molecule has 102 valence electrons. The van der Waals surface area contributed by atoms with Crippen LogP contribution in [0.4, 0.5) is 0 Å². The minimum atomic E-state index is -0.625. The third-order valence-corrected chi connectivity index (χ3v) is 4.53. The maximum absolute atomic E-state index is 10.6. The maximum atomic E-state index is 10.6. The van der Waals surface area contributed by atoms with Crippen LogP contribution in [-0.4, -0.2) is 28.1 Å². The summed E-state index contributed by atoms with van der Waals surface area (Å²) in [7, 11) is 3.53. The molecule has 1 N–H and O–H groups in total. The van der Waals surface area contributed by atoms with Crippen molar-refractivity contribution in [2.75, 3.05) is 7.11 Å². The number of aliphatic hydroxyl groups excluding tert-OH is 1. The van der Waals surface area contributed by atoms with E-state index in [4.69, 9.17) is 4.74 Å². The van der Waals surface area contributed by atoms with Crippen LogP contribution in [0.1, 0.15) is 43.9 Å². The molecule has 1 fully saturated rings. The fourth-order valence-corrected chi connectivity index (χ4v) is 3.53. The summed E-state index contributed by atoms with van der Waals surface area (Å²) < 4.78 is 8.13. The molecule has 0 bridgehead atoms. The number of hydrogen-bond donors (Lipinski definition) is 1. The molecule has 1 aliphatic carbocycles. The summed E-state index contributed by atoms with van der Waals surface area (Å²) in [4.78, 5) is 0. The van der Waals surface area contributed by atoms with Crippen molar-refractivity contribution >= 4 is 15.9 Å². The first-order valence-corrected chi connectivity index (χ1v) is 7.32. The Morgan fingerprint density at radius 3 is 2.61 bits per heavy atom. The Labute approximate surface area is 116 Å². The highest BCUT2D eigenvalue weighted by molar-refractivity contribution is 9.10. The van der Waals surface area contributed by atoms with E-state index in [1.807, 2.05) is 7.05 Å². The van der Waals surface area contributed by atoms with Crippen LogP contribution in [0.2, 0.25) is 0 Å². The second-order valence-electron chi connectivity index (χ2n) is 5.04. The lowest BCUT2D eigenvalue weighted by Gasteiger charge is -2.32. The van der Waals surface area contributed by atoms with E-state index in [0.717, 1.165) is 23.0 Å². The van der Waals surface area contributed by atoms with Gasteiger partial charge in [0.1, 0.15) is 6.10 Å². The van der Waals surface area contributed by atoms with Gasteiger partial charge in [-0.2, -0.15) is 5.10 Å². The van der Waals surface area contributed by atoms with E-state index in [1.165, 1.54) is 19.3 Å². The predicted molar refractivity (Wildman–Crippen MR) is 73.2 cm³/mol. The predicted octanol–water partition coefficient (Wildman–Crippen LogP) is 2.81. The molecule has 1 aromatic heterocycles. The molecule has 0 radical (unpaired) electrons. The number of halogens is 1. The summed E-state index contributed by atoms with van der Waals surface area (Å²) in [5, 5.41) is 14.7. The molecule has 0 spiro atoms. The molecule has 2 rings (SSSR count). The normalized spacial score (nSPS) is 20.9. The van der Waals surface area contributed by atoms with Crippen LogP contribution in [0.25, 0.3) is 0 Å². The van der Waals surface area contributed by atoms with Gasteiger partial charge >= 0.3 is 0 Å². The third kappa shape index (κ3) is 2.78. The fraction of sp³-hybridized carbons (Fsp3) is 0.769. The van der Waals surface area contributed by atoms with Crippen LogP contribution in [0, 0.1) is 5.92 Å². The van der Waals surface area contributed by atoms with Crippen molar-refractivity contribution in [1.29, 1.82) is 0 Å². The highest BCUT2D eigenvalue weighted by atomic mass is 79.9. The largest absolute Gasteiger partial charge is 0.384 e. The average Bonchev–Trinajstić information content (AvgIpc) is 2.71. The average molecular weight is 317 g/mol. The van der Waals surface area contributed by atoms with Crippen molar-refractivity contribution < 1.29 is 9.84 Å². The summed E-state index contributed by atoms with van der Waals surface area (Å²) in [5.74, 6) is 0.445. The highest BCUT2D eigenvalue weighted by Gasteiger charge is 2.33. The van der Waals surface area contributed by atoms with Crippen LogP contribution in [0.15, 0.2) is 10.7 Å². The van der Waals surface area contributed by atoms with E-state index in [9.17, 15) is 5.11 Å². The zero-order valence-electron chi connectivity index (χ0n) is 11.0. The number of ether oxygens (including phenoxy) is 1. The molecule has 1 aliphatic rings. The molecular weight excluding hydrogens is 296 g/mol. The van der Waals surface area contributed by atoms with Gasteiger partial charge < -0.3 is 9.84 Å². The Balaban J connectivity index is 2.16. The monoisotopic (exact) mass is 316 g/mol. The van der Waals surface area contributed by atoms with Gasteiger partial charge in [0.25, 0.3) is 0 Å². The van der Waals surface area contributed by atoms with E-state index in [-0.39, 0.29) is 6.10 Å². The molecule has 1 saturated carbocycles. The van der Waals surface area contributed by atoms with Crippen LogP contribution in [0.5, 0.6) is 0 Å². The zero-order chi connectivity index (χ0) is 13.1. The maximum Gasteiger partial charge on any atom is 0.123 e. The second kappa shape index (κ2) is 6.17. The van der Waals surface area contributed by atoms with Crippen molar-refractivity contribution in [3.05, 3.63) is 16.4 Å². The zero-order valence-corrected chi connectivity index (χ0v) is 12.6. The SMILES string of the molecule is COC(C1CCCCC1)C(O)c1c(Br)cnn1C. The molecular formula is C13H21BrN2O2. The lowest BCUT2D eigenvalue weighted by molar-refractivity contribution is -0.0591. The quantitative estimate of drug-likeness (QED) is 0.929. The van der Waals surface area contributed by atoms with Crippen molar-refractivity contribution in [2.45, 2.75) is 44.3 Å². The summed E-state index contributed by atoms with van der Waals surface area (Å²) in [6.45, 7) is 0. The molecule has 0 aliphatic heterocycles. The molecule has 5 heteroatoms. The number of nitrogens with zero attached hydrogens (tertiary/aromatic N) is 2. The Hall–Kier alpha value is -0.390. The van der Waals surface area contributed by atoms with Crippen LogP contribution in [-0.2, 0) is 11.8 Å². The minimum absolute atomic E-state index is 0.142. The number of rotatable bonds is 4. The van der Waals surface area contributed by atoms with Gasteiger partial charge in [-0.25, -0.2) is 0 Å². The molecule has 0 saturated heterocycles. The van der Waals surface area contributed by atoms with E-state index >= 15 is 0 Å².